The van der Waals surface area contributed by atoms with Crippen molar-refractivity contribution < 1.29 is 8.78 Å². The predicted octanol–water partition coefficient (Wildman–Crippen LogP) is 3.91. The summed E-state index contributed by atoms with van der Waals surface area (Å²) in [4.78, 5) is 0. The third-order valence-electron chi connectivity index (χ3n) is 2.76. The van der Waals surface area contributed by atoms with Gasteiger partial charge in [-0.1, -0.05) is 0 Å². The van der Waals surface area contributed by atoms with Crippen LogP contribution in [-0.4, -0.2) is 4.57 Å². The third-order valence-corrected chi connectivity index (χ3v) is 2.76. The molecule has 2 aromatic carbocycles. The second-order valence-electron chi connectivity index (χ2n) is 3.87. The van der Waals surface area contributed by atoms with Crippen LogP contribution in [0.3, 0.4) is 0 Å². The van der Waals surface area contributed by atoms with Crippen molar-refractivity contribution in [3.8, 4) is 5.69 Å². The number of fused-ring (bicyclic) bond motifs is 1. The summed E-state index contributed by atoms with van der Waals surface area (Å²) in [7, 11) is 0. The highest BCUT2D eigenvalue weighted by atomic mass is 19.1. The number of aromatic nitrogens is 1. The molecule has 0 aliphatic carbocycles. The molecule has 0 bridgehead atoms. The molecule has 3 heteroatoms. The molecule has 0 atom stereocenters. The monoisotopic (exact) mass is 229 g/mol. The molecule has 0 radical (unpaired) electrons. The Morgan fingerprint density at radius 2 is 1.47 bits per heavy atom. The first-order valence-corrected chi connectivity index (χ1v) is 5.26. The molecular formula is C14H9F2N. The Bertz CT molecular complexity index is 668. The van der Waals surface area contributed by atoms with E-state index in [1.54, 1.807) is 18.2 Å². The van der Waals surface area contributed by atoms with Gasteiger partial charge in [0.2, 0.25) is 0 Å². The van der Waals surface area contributed by atoms with E-state index in [1.807, 2.05) is 16.8 Å². The summed E-state index contributed by atoms with van der Waals surface area (Å²) < 4.78 is 27.8. The number of hydrogen-bond donors (Lipinski definition) is 0. The molecule has 1 heterocycles. The average Bonchev–Trinajstić information content (AvgIpc) is 2.73. The van der Waals surface area contributed by atoms with Crippen molar-refractivity contribution in [3.63, 3.8) is 0 Å². The molecule has 84 valence electrons. The number of nitrogens with zero attached hydrogens (tertiary/aromatic N) is 1. The summed E-state index contributed by atoms with van der Waals surface area (Å²) in [5.41, 5.74) is 1.76. The van der Waals surface area contributed by atoms with Gasteiger partial charge < -0.3 is 4.57 Å². The summed E-state index contributed by atoms with van der Waals surface area (Å²) in [5.74, 6) is -0.523. The molecule has 0 aliphatic heterocycles. The molecule has 3 rings (SSSR count). The van der Waals surface area contributed by atoms with E-state index in [1.165, 1.54) is 24.3 Å². The van der Waals surface area contributed by atoms with Crippen molar-refractivity contribution in [2.24, 2.45) is 0 Å². The highest BCUT2D eigenvalue weighted by Gasteiger charge is 2.04. The maximum absolute atomic E-state index is 13.0. The Morgan fingerprint density at radius 3 is 2.24 bits per heavy atom. The lowest BCUT2D eigenvalue weighted by atomic mass is 10.2. The maximum atomic E-state index is 13.0. The van der Waals surface area contributed by atoms with Crippen molar-refractivity contribution >= 4 is 10.9 Å². The second kappa shape index (κ2) is 3.70. The van der Waals surface area contributed by atoms with Crippen LogP contribution in [-0.2, 0) is 0 Å². The third kappa shape index (κ3) is 1.69. The lowest BCUT2D eigenvalue weighted by Gasteiger charge is -2.05. The van der Waals surface area contributed by atoms with Crippen molar-refractivity contribution in [1.29, 1.82) is 0 Å². The first kappa shape index (κ1) is 10.0. The fourth-order valence-electron chi connectivity index (χ4n) is 1.94. The van der Waals surface area contributed by atoms with Crippen molar-refractivity contribution in [1.82, 2.24) is 4.57 Å². The van der Waals surface area contributed by atoms with Gasteiger partial charge >= 0.3 is 0 Å². The summed E-state index contributed by atoms with van der Waals surface area (Å²) in [5, 5.41) is 0.828. The van der Waals surface area contributed by atoms with Gasteiger partial charge in [0.25, 0.3) is 0 Å². The molecule has 0 saturated heterocycles. The SMILES string of the molecule is Fc1ccc(-n2ccc3cc(F)ccc32)cc1. The Labute approximate surface area is 96.9 Å². The zero-order valence-corrected chi connectivity index (χ0v) is 8.90. The van der Waals surface area contributed by atoms with Gasteiger partial charge in [0.15, 0.2) is 0 Å². The molecule has 17 heavy (non-hydrogen) atoms. The van der Waals surface area contributed by atoms with E-state index in [0.717, 1.165) is 16.6 Å². The fourth-order valence-corrected chi connectivity index (χ4v) is 1.94. The smallest absolute Gasteiger partial charge is 0.123 e. The molecule has 0 fully saturated rings. The predicted molar refractivity (Wildman–Crippen MR) is 63.2 cm³/mol. The number of rotatable bonds is 1. The minimum absolute atomic E-state index is 0.255. The Kier molecular flexibility index (Phi) is 2.18. The number of halogens is 2. The Balaban J connectivity index is 2.21. The molecule has 0 N–H and O–H groups in total. The molecule has 1 aromatic heterocycles. The largest absolute Gasteiger partial charge is 0.317 e. The van der Waals surface area contributed by atoms with E-state index in [-0.39, 0.29) is 11.6 Å². The van der Waals surface area contributed by atoms with Crippen LogP contribution in [0.15, 0.2) is 54.7 Å². The molecule has 0 unspecified atom stereocenters. The lowest BCUT2D eigenvalue weighted by molar-refractivity contribution is 0.627. The molecular weight excluding hydrogens is 220 g/mol. The van der Waals surface area contributed by atoms with Crippen LogP contribution in [0, 0.1) is 11.6 Å². The van der Waals surface area contributed by atoms with Crippen LogP contribution >= 0.6 is 0 Å². The van der Waals surface area contributed by atoms with Gasteiger partial charge in [-0.3, -0.25) is 0 Å². The fraction of sp³-hybridized carbons (Fsp3) is 0. The van der Waals surface area contributed by atoms with E-state index in [2.05, 4.69) is 0 Å². The van der Waals surface area contributed by atoms with Gasteiger partial charge in [-0.25, -0.2) is 8.78 Å². The summed E-state index contributed by atoms with van der Waals surface area (Å²) in [6.45, 7) is 0. The van der Waals surface area contributed by atoms with E-state index >= 15 is 0 Å². The van der Waals surface area contributed by atoms with Crippen LogP contribution in [0.4, 0.5) is 8.78 Å². The minimum atomic E-state index is -0.267. The average molecular weight is 229 g/mol. The standard InChI is InChI=1S/C14H9F2N/c15-11-1-4-13(5-2-11)17-8-7-10-9-12(16)3-6-14(10)17/h1-9H. The highest BCUT2D eigenvalue weighted by Crippen LogP contribution is 2.21. The van der Waals surface area contributed by atoms with Gasteiger partial charge in [0.05, 0.1) is 5.52 Å². The summed E-state index contributed by atoms with van der Waals surface area (Å²) >= 11 is 0. The molecule has 0 saturated carbocycles. The van der Waals surface area contributed by atoms with Crippen LogP contribution in [0.1, 0.15) is 0 Å². The van der Waals surface area contributed by atoms with Crippen LogP contribution in [0.5, 0.6) is 0 Å². The second-order valence-corrected chi connectivity index (χ2v) is 3.87. The maximum Gasteiger partial charge on any atom is 0.123 e. The van der Waals surface area contributed by atoms with E-state index in [0.29, 0.717) is 0 Å². The van der Waals surface area contributed by atoms with Gasteiger partial charge in [0.1, 0.15) is 11.6 Å². The first-order valence-electron chi connectivity index (χ1n) is 5.26. The number of benzene rings is 2. The van der Waals surface area contributed by atoms with Crippen molar-refractivity contribution in [2.75, 3.05) is 0 Å². The first-order chi connectivity index (χ1) is 8.24. The topological polar surface area (TPSA) is 4.93 Å². The Hall–Kier alpha value is -2.16. The van der Waals surface area contributed by atoms with Crippen LogP contribution in [0.2, 0.25) is 0 Å². The normalized spacial score (nSPS) is 10.9. The molecule has 0 amide bonds. The van der Waals surface area contributed by atoms with Crippen molar-refractivity contribution in [2.45, 2.75) is 0 Å². The van der Waals surface area contributed by atoms with Gasteiger partial charge in [-0.05, 0) is 48.5 Å². The molecule has 0 spiro atoms. The zero-order chi connectivity index (χ0) is 11.8. The van der Waals surface area contributed by atoms with Gasteiger partial charge in [-0.15, -0.1) is 0 Å². The molecule has 3 aromatic rings. The number of hydrogen-bond acceptors (Lipinski definition) is 0. The van der Waals surface area contributed by atoms with Gasteiger partial charge in [0, 0.05) is 17.3 Å². The van der Waals surface area contributed by atoms with Crippen LogP contribution < -0.4 is 0 Å². The molecule has 0 aliphatic rings. The highest BCUT2D eigenvalue weighted by molar-refractivity contribution is 5.81. The van der Waals surface area contributed by atoms with Gasteiger partial charge in [-0.2, -0.15) is 0 Å². The Morgan fingerprint density at radius 1 is 0.765 bits per heavy atom. The lowest BCUT2D eigenvalue weighted by Crippen LogP contribution is -1.91. The van der Waals surface area contributed by atoms with Crippen LogP contribution in [0.25, 0.3) is 16.6 Å². The van der Waals surface area contributed by atoms with E-state index < -0.39 is 0 Å². The summed E-state index contributed by atoms with van der Waals surface area (Å²) in [6.07, 6.45) is 1.84. The van der Waals surface area contributed by atoms with Crippen molar-refractivity contribution in [3.05, 3.63) is 66.4 Å². The quantitative estimate of drug-likeness (QED) is 0.596. The molecule has 1 nitrogen and oxygen atoms in total. The minimum Gasteiger partial charge on any atom is -0.317 e. The summed E-state index contributed by atoms with van der Waals surface area (Å²) in [6, 6.07) is 12.7. The zero-order valence-electron chi connectivity index (χ0n) is 8.90. The van der Waals surface area contributed by atoms with E-state index in [4.69, 9.17) is 0 Å². The van der Waals surface area contributed by atoms with E-state index in [9.17, 15) is 8.78 Å².